The molecule has 0 aliphatic carbocycles. The molecule has 0 radical (unpaired) electrons. The predicted molar refractivity (Wildman–Crippen MR) is 110 cm³/mol. The van der Waals surface area contributed by atoms with Crippen molar-refractivity contribution in [1.29, 1.82) is 0 Å². The van der Waals surface area contributed by atoms with Crippen molar-refractivity contribution in [3.05, 3.63) is 47.2 Å². The number of halogens is 3. The molecule has 0 N–H and O–H groups in total. The average Bonchev–Trinajstić information content (AvgIpc) is 3.08. The fraction of sp³-hybridized carbons (Fsp3) is 0.500. The van der Waals surface area contributed by atoms with Crippen LogP contribution in [-0.4, -0.2) is 40.6 Å². The topological polar surface area (TPSA) is 73.7 Å². The molecule has 1 unspecified atom stereocenters. The summed E-state index contributed by atoms with van der Waals surface area (Å²) in [5.74, 6) is -0.597. The molecule has 2 aromatic rings. The molecule has 0 saturated carbocycles. The molecule has 7 nitrogen and oxygen atoms in total. The number of fused-ring (bicyclic) bond motifs is 1. The first-order valence-corrected chi connectivity index (χ1v) is 10.3. The van der Waals surface area contributed by atoms with Crippen LogP contribution in [0.1, 0.15) is 44.4 Å². The Morgan fingerprint density at radius 1 is 1.12 bits per heavy atom. The number of carbonyl (C=O) groups excluding carboxylic acids is 2. The summed E-state index contributed by atoms with van der Waals surface area (Å²) in [6.07, 6.45) is -3.23. The first-order valence-electron chi connectivity index (χ1n) is 10.3. The quantitative estimate of drug-likeness (QED) is 0.641. The van der Waals surface area contributed by atoms with Crippen molar-refractivity contribution < 1.29 is 32.2 Å². The maximum Gasteiger partial charge on any atom is 0.416 e. The Hall–Kier alpha value is -3.04. The van der Waals surface area contributed by atoms with Gasteiger partial charge in [0.05, 0.1) is 30.8 Å². The number of carbonyl (C=O) groups is 2. The van der Waals surface area contributed by atoms with Crippen molar-refractivity contribution in [3.8, 4) is 0 Å². The smallest absolute Gasteiger partial charge is 0.416 e. The van der Waals surface area contributed by atoms with E-state index in [1.165, 1.54) is 21.7 Å². The van der Waals surface area contributed by atoms with E-state index >= 15 is 0 Å². The number of amides is 1. The van der Waals surface area contributed by atoms with Crippen LogP contribution in [0.2, 0.25) is 0 Å². The molecule has 1 aliphatic heterocycles. The molecule has 1 atom stereocenters. The minimum absolute atomic E-state index is 0.0550. The lowest BCUT2D eigenvalue weighted by molar-refractivity contribution is -0.148. The van der Waals surface area contributed by atoms with Gasteiger partial charge in [0.15, 0.2) is 0 Å². The highest BCUT2D eigenvalue weighted by Crippen LogP contribution is 2.33. The highest BCUT2D eigenvalue weighted by Gasteiger charge is 2.38. The van der Waals surface area contributed by atoms with Crippen LogP contribution < -0.4 is 4.90 Å². The van der Waals surface area contributed by atoms with E-state index in [4.69, 9.17) is 9.47 Å². The molecule has 0 fully saturated rings. The Kier molecular flexibility index (Phi) is 6.52. The van der Waals surface area contributed by atoms with Crippen LogP contribution in [0.4, 0.5) is 23.8 Å². The summed E-state index contributed by atoms with van der Waals surface area (Å²) in [6, 6.07) is 4.84. The highest BCUT2D eigenvalue weighted by molar-refractivity contribution is 5.89. The number of esters is 1. The third kappa shape index (κ3) is 5.41. The lowest BCUT2D eigenvalue weighted by Gasteiger charge is -2.34. The number of hydrogen-bond acceptors (Lipinski definition) is 5. The van der Waals surface area contributed by atoms with Gasteiger partial charge in [0.1, 0.15) is 11.4 Å². The lowest BCUT2D eigenvalue weighted by Crippen LogP contribution is -2.47. The standard InChI is InChI=1S/C22H26F3N3O4/c1-5-31-19(29)16-12-27(20(30)32-21(2,3)4)18-15(11-26-28(18)13-16)10-14-6-8-17(9-7-14)22(23,24)25/h6-9,11,16H,5,10,12-13H2,1-4H3. The Morgan fingerprint density at radius 2 is 1.78 bits per heavy atom. The van der Waals surface area contributed by atoms with Crippen molar-refractivity contribution in [1.82, 2.24) is 9.78 Å². The van der Waals surface area contributed by atoms with Crippen LogP contribution in [0.25, 0.3) is 0 Å². The summed E-state index contributed by atoms with van der Waals surface area (Å²) in [5.41, 5.74) is -0.221. The molecule has 0 bridgehead atoms. The molecule has 1 aromatic carbocycles. The molecule has 3 rings (SSSR count). The third-order valence-electron chi connectivity index (χ3n) is 4.85. The van der Waals surface area contributed by atoms with Gasteiger partial charge >= 0.3 is 18.2 Å². The number of alkyl halides is 3. The van der Waals surface area contributed by atoms with Gasteiger partial charge in [0.2, 0.25) is 0 Å². The number of benzene rings is 1. The molecule has 2 heterocycles. The van der Waals surface area contributed by atoms with Gasteiger partial charge in [-0.25, -0.2) is 9.48 Å². The predicted octanol–water partition coefficient (Wildman–Crippen LogP) is 4.43. The first-order chi connectivity index (χ1) is 14.9. The molecular formula is C22H26F3N3O4. The molecule has 1 amide bonds. The molecule has 0 saturated heterocycles. The van der Waals surface area contributed by atoms with Crippen molar-refractivity contribution >= 4 is 17.9 Å². The second kappa shape index (κ2) is 8.84. The van der Waals surface area contributed by atoms with Crippen molar-refractivity contribution in [2.45, 2.75) is 52.4 Å². The number of ether oxygens (including phenoxy) is 2. The fourth-order valence-electron chi connectivity index (χ4n) is 3.48. The second-order valence-electron chi connectivity index (χ2n) is 8.59. The van der Waals surface area contributed by atoms with Gasteiger partial charge in [-0.05, 0) is 45.4 Å². The van der Waals surface area contributed by atoms with E-state index in [0.717, 1.165) is 12.1 Å². The van der Waals surface area contributed by atoms with Crippen molar-refractivity contribution in [3.63, 3.8) is 0 Å². The van der Waals surface area contributed by atoms with Crippen LogP contribution in [-0.2, 0) is 33.4 Å². The zero-order valence-electron chi connectivity index (χ0n) is 18.4. The van der Waals surface area contributed by atoms with Crippen molar-refractivity contribution in [2.24, 2.45) is 5.92 Å². The molecule has 32 heavy (non-hydrogen) atoms. The monoisotopic (exact) mass is 453 g/mol. The summed E-state index contributed by atoms with van der Waals surface area (Å²) in [5, 5.41) is 4.31. The molecule has 174 valence electrons. The van der Waals surface area contributed by atoms with Gasteiger partial charge in [-0.15, -0.1) is 0 Å². The Morgan fingerprint density at radius 3 is 2.34 bits per heavy atom. The van der Waals surface area contributed by atoms with Crippen LogP contribution in [0.15, 0.2) is 30.5 Å². The Balaban J connectivity index is 1.92. The second-order valence-corrected chi connectivity index (χ2v) is 8.59. The van der Waals surface area contributed by atoms with Gasteiger partial charge in [-0.3, -0.25) is 9.69 Å². The number of anilines is 1. The van der Waals surface area contributed by atoms with E-state index in [0.29, 0.717) is 16.9 Å². The Bertz CT molecular complexity index is 978. The zero-order chi connectivity index (χ0) is 23.7. The summed E-state index contributed by atoms with van der Waals surface area (Å²) in [6.45, 7) is 7.40. The minimum Gasteiger partial charge on any atom is -0.466 e. The van der Waals surface area contributed by atoms with E-state index < -0.39 is 35.3 Å². The largest absolute Gasteiger partial charge is 0.466 e. The molecule has 1 aliphatic rings. The van der Waals surface area contributed by atoms with Gasteiger partial charge in [-0.2, -0.15) is 18.3 Å². The molecule has 0 spiro atoms. The van der Waals surface area contributed by atoms with E-state index in [1.807, 2.05) is 0 Å². The average molecular weight is 453 g/mol. The van der Waals surface area contributed by atoms with E-state index in [2.05, 4.69) is 5.10 Å². The van der Waals surface area contributed by atoms with Crippen LogP contribution in [0, 0.1) is 5.92 Å². The number of aromatic nitrogens is 2. The third-order valence-corrected chi connectivity index (χ3v) is 4.85. The van der Waals surface area contributed by atoms with Crippen molar-refractivity contribution in [2.75, 3.05) is 18.1 Å². The van der Waals surface area contributed by atoms with Gasteiger partial charge in [-0.1, -0.05) is 12.1 Å². The molecule has 1 aromatic heterocycles. The van der Waals surface area contributed by atoms with Crippen LogP contribution in [0.5, 0.6) is 0 Å². The zero-order valence-corrected chi connectivity index (χ0v) is 18.4. The minimum atomic E-state index is -4.41. The van der Waals surface area contributed by atoms with E-state index in [1.54, 1.807) is 33.9 Å². The molecule has 10 heteroatoms. The number of nitrogens with zero attached hydrogens (tertiary/aromatic N) is 3. The van der Waals surface area contributed by atoms with Crippen LogP contribution >= 0.6 is 0 Å². The molecular weight excluding hydrogens is 427 g/mol. The van der Waals surface area contributed by atoms with Gasteiger partial charge in [0, 0.05) is 18.5 Å². The Labute approximate surface area is 184 Å². The number of hydrogen-bond donors (Lipinski definition) is 0. The maximum absolute atomic E-state index is 12.9. The summed E-state index contributed by atoms with van der Waals surface area (Å²) in [7, 11) is 0. The maximum atomic E-state index is 12.9. The normalized spacial score (nSPS) is 16.5. The fourth-order valence-corrected chi connectivity index (χ4v) is 3.48. The van der Waals surface area contributed by atoms with Gasteiger partial charge in [0.25, 0.3) is 0 Å². The highest BCUT2D eigenvalue weighted by atomic mass is 19.4. The van der Waals surface area contributed by atoms with E-state index in [9.17, 15) is 22.8 Å². The lowest BCUT2D eigenvalue weighted by atomic mass is 10.0. The SMILES string of the molecule is CCOC(=O)C1CN(C(=O)OC(C)(C)C)c2c(Cc3ccc(C(F)(F)F)cc3)cnn2C1. The first kappa shape index (κ1) is 23.6. The van der Waals surface area contributed by atoms with E-state index in [-0.39, 0.29) is 26.1 Å². The summed E-state index contributed by atoms with van der Waals surface area (Å²) < 4.78 is 50.7. The van der Waals surface area contributed by atoms with Gasteiger partial charge < -0.3 is 9.47 Å². The van der Waals surface area contributed by atoms with Crippen LogP contribution in [0.3, 0.4) is 0 Å². The number of rotatable bonds is 4. The summed E-state index contributed by atoms with van der Waals surface area (Å²) in [4.78, 5) is 26.6. The summed E-state index contributed by atoms with van der Waals surface area (Å²) >= 11 is 0.